The summed E-state index contributed by atoms with van der Waals surface area (Å²) in [5, 5.41) is 3.40. The number of hydrogen-bond donors (Lipinski definition) is 1. The third-order valence-corrected chi connectivity index (χ3v) is 4.05. The van der Waals surface area contributed by atoms with Gasteiger partial charge in [-0.2, -0.15) is 0 Å². The second-order valence-corrected chi connectivity index (χ2v) is 5.20. The summed E-state index contributed by atoms with van der Waals surface area (Å²) in [6.07, 6.45) is 0. The summed E-state index contributed by atoms with van der Waals surface area (Å²) in [5.74, 6) is 1.54. The van der Waals surface area contributed by atoms with Gasteiger partial charge >= 0.3 is 0 Å². The van der Waals surface area contributed by atoms with E-state index in [-0.39, 0.29) is 18.3 Å². The Morgan fingerprint density at radius 1 is 1.22 bits per heavy atom. The minimum absolute atomic E-state index is 0. The summed E-state index contributed by atoms with van der Waals surface area (Å²) >= 11 is 0. The molecule has 3 nitrogen and oxygen atoms in total. The van der Waals surface area contributed by atoms with Crippen LogP contribution in [0.3, 0.4) is 0 Å². The molecule has 0 radical (unpaired) electrons. The number of hydrogen-bond acceptors (Lipinski definition) is 2. The van der Waals surface area contributed by atoms with Crippen LogP contribution in [0.5, 0.6) is 0 Å². The second-order valence-electron chi connectivity index (χ2n) is 5.20. The molecule has 0 aromatic heterocycles. The van der Waals surface area contributed by atoms with Gasteiger partial charge in [0.25, 0.3) is 5.91 Å². The van der Waals surface area contributed by atoms with Gasteiger partial charge in [0, 0.05) is 31.7 Å². The van der Waals surface area contributed by atoms with Crippen LogP contribution in [0.25, 0.3) is 0 Å². The molecule has 3 rings (SSSR count). The van der Waals surface area contributed by atoms with Crippen LogP contribution >= 0.6 is 12.4 Å². The van der Waals surface area contributed by atoms with Crippen LogP contribution in [0.1, 0.15) is 15.9 Å². The molecule has 0 aliphatic carbocycles. The minimum atomic E-state index is 0. The monoisotopic (exact) mass is 266 g/mol. The number of carbonyl (C=O) groups is 1. The van der Waals surface area contributed by atoms with Gasteiger partial charge in [-0.05, 0) is 30.4 Å². The maximum absolute atomic E-state index is 12.4. The van der Waals surface area contributed by atoms with Gasteiger partial charge in [-0.1, -0.05) is 18.2 Å². The number of nitrogens with one attached hydrogen (secondary N) is 1. The fourth-order valence-corrected chi connectivity index (χ4v) is 3.00. The lowest BCUT2D eigenvalue weighted by atomic mass is 10.0. The largest absolute Gasteiger partial charge is 0.338 e. The maximum atomic E-state index is 12.4. The Morgan fingerprint density at radius 2 is 1.83 bits per heavy atom. The van der Waals surface area contributed by atoms with E-state index in [0.717, 1.165) is 37.3 Å². The highest BCUT2D eigenvalue weighted by atomic mass is 35.5. The van der Waals surface area contributed by atoms with E-state index < -0.39 is 0 Å². The van der Waals surface area contributed by atoms with Gasteiger partial charge in [0.05, 0.1) is 0 Å². The normalized spacial score (nSPS) is 25.7. The molecule has 0 bridgehead atoms. The first-order valence-corrected chi connectivity index (χ1v) is 6.31. The van der Waals surface area contributed by atoms with E-state index in [0.29, 0.717) is 11.8 Å². The Kier molecular flexibility index (Phi) is 3.93. The average molecular weight is 267 g/mol. The van der Waals surface area contributed by atoms with Gasteiger partial charge in [0.1, 0.15) is 0 Å². The molecule has 18 heavy (non-hydrogen) atoms. The Morgan fingerprint density at radius 3 is 2.44 bits per heavy atom. The highest BCUT2D eigenvalue weighted by Gasteiger charge is 2.38. The van der Waals surface area contributed by atoms with Crippen molar-refractivity contribution < 1.29 is 4.79 Å². The molecule has 2 aliphatic heterocycles. The molecule has 2 atom stereocenters. The number of fused-ring (bicyclic) bond motifs is 1. The van der Waals surface area contributed by atoms with Crippen LogP contribution in [0.15, 0.2) is 24.3 Å². The highest BCUT2D eigenvalue weighted by molar-refractivity contribution is 5.95. The lowest BCUT2D eigenvalue weighted by Crippen LogP contribution is -2.32. The van der Waals surface area contributed by atoms with Crippen molar-refractivity contribution in [3.63, 3.8) is 0 Å². The summed E-state index contributed by atoms with van der Waals surface area (Å²) < 4.78 is 0. The van der Waals surface area contributed by atoms with Gasteiger partial charge in [0.15, 0.2) is 0 Å². The van der Waals surface area contributed by atoms with Crippen LogP contribution in [-0.4, -0.2) is 37.0 Å². The van der Waals surface area contributed by atoms with Crippen LogP contribution in [0, 0.1) is 18.8 Å². The summed E-state index contributed by atoms with van der Waals surface area (Å²) in [6, 6.07) is 7.86. The third kappa shape index (κ3) is 2.25. The zero-order chi connectivity index (χ0) is 11.8. The summed E-state index contributed by atoms with van der Waals surface area (Å²) in [6.45, 7) is 5.99. The van der Waals surface area contributed by atoms with Crippen molar-refractivity contribution in [3.05, 3.63) is 35.4 Å². The van der Waals surface area contributed by atoms with Gasteiger partial charge < -0.3 is 10.2 Å². The quantitative estimate of drug-likeness (QED) is 0.839. The zero-order valence-corrected chi connectivity index (χ0v) is 11.4. The lowest BCUT2D eigenvalue weighted by Gasteiger charge is -2.18. The Labute approximate surface area is 114 Å². The summed E-state index contributed by atoms with van der Waals surface area (Å²) in [4.78, 5) is 14.4. The van der Waals surface area contributed by atoms with Crippen molar-refractivity contribution in [2.45, 2.75) is 6.92 Å². The predicted molar refractivity (Wildman–Crippen MR) is 74.2 cm³/mol. The van der Waals surface area contributed by atoms with E-state index in [1.807, 2.05) is 36.1 Å². The molecule has 2 aliphatic rings. The molecule has 1 aromatic rings. The number of aryl methyl sites for hydroxylation is 1. The third-order valence-electron chi connectivity index (χ3n) is 4.05. The van der Waals surface area contributed by atoms with Crippen molar-refractivity contribution in [2.75, 3.05) is 26.2 Å². The zero-order valence-electron chi connectivity index (χ0n) is 10.6. The van der Waals surface area contributed by atoms with Gasteiger partial charge in [0.2, 0.25) is 0 Å². The fourth-order valence-electron chi connectivity index (χ4n) is 3.00. The van der Waals surface area contributed by atoms with E-state index in [1.165, 1.54) is 0 Å². The van der Waals surface area contributed by atoms with E-state index in [4.69, 9.17) is 0 Å². The molecular formula is C14H19ClN2O. The molecule has 0 saturated carbocycles. The van der Waals surface area contributed by atoms with Crippen molar-refractivity contribution in [2.24, 2.45) is 11.8 Å². The number of rotatable bonds is 1. The number of amides is 1. The van der Waals surface area contributed by atoms with Crippen LogP contribution in [0.4, 0.5) is 0 Å². The van der Waals surface area contributed by atoms with Gasteiger partial charge in [-0.25, -0.2) is 0 Å². The topological polar surface area (TPSA) is 32.3 Å². The van der Waals surface area contributed by atoms with E-state index in [1.54, 1.807) is 0 Å². The smallest absolute Gasteiger partial charge is 0.254 e. The van der Waals surface area contributed by atoms with E-state index >= 15 is 0 Å². The van der Waals surface area contributed by atoms with E-state index in [2.05, 4.69) is 5.32 Å². The second kappa shape index (κ2) is 5.29. The molecule has 1 N–H and O–H groups in total. The Bertz CT molecular complexity index is 437. The van der Waals surface area contributed by atoms with Crippen molar-refractivity contribution in [1.29, 1.82) is 0 Å². The summed E-state index contributed by atoms with van der Waals surface area (Å²) in [7, 11) is 0. The van der Waals surface area contributed by atoms with Gasteiger partial charge in [-0.3, -0.25) is 4.79 Å². The standard InChI is InChI=1S/C14H18N2O.ClH/c1-10-4-2-3-5-13(10)14(17)16-8-11-6-15-7-12(11)9-16;/h2-5,11-12,15H,6-9H2,1H3;1H/t11-,12+;. The fraction of sp³-hybridized carbons (Fsp3) is 0.500. The minimum Gasteiger partial charge on any atom is -0.338 e. The Hall–Kier alpha value is -1.06. The lowest BCUT2D eigenvalue weighted by molar-refractivity contribution is 0.0781. The first-order chi connectivity index (χ1) is 8.25. The van der Waals surface area contributed by atoms with Crippen molar-refractivity contribution >= 4 is 18.3 Å². The SMILES string of the molecule is Cc1ccccc1C(=O)N1C[C@H]2CNC[C@H]2C1.Cl. The maximum Gasteiger partial charge on any atom is 0.254 e. The number of likely N-dealkylation sites (tertiary alicyclic amines) is 1. The highest BCUT2D eigenvalue weighted by Crippen LogP contribution is 2.27. The van der Waals surface area contributed by atoms with Gasteiger partial charge in [-0.15, -0.1) is 12.4 Å². The van der Waals surface area contributed by atoms with Crippen LogP contribution in [-0.2, 0) is 0 Å². The number of carbonyl (C=O) groups excluding carboxylic acids is 1. The van der Waals surface area contributed by atoms with Crippen LogP contribution < -0.4 is 5.32 Å². The average Bonchev–Trinajstić information content (AvgIpc) is 2.88. The molecule has 4 heteroatoms. The first-order valence-electron chi connectivity index (χ1n) is 6.31. The number of halogens is 1. The van der Waals surface area contributed by atoms with Crippen molar-refractivity contribution in [1.82, 2.24) is 10.2 Å². The molecule has 1 amide bonds. The number of nitrogens with zero attached hydrogens (tertiary/aromatic N) is 1. The molecular weight excluding hydrogens is 248 g/mol. The molecule has 2 fully saturated rings. The molecule has 1 aromatic carbocycles. The first kappa shape index (κ1) is 13.4. The number of benzene rings is 1. The summed E-state index contributed by atoms with van der Waals surface area (Å²) in [5.41, 5.74) is 1.94. The van der Waals surface area contributed by atoms with Crippen LogP contribution in [0.2, 0.25) is 0 Å². The van der Waals surface area contributed by atoms with Crippen molar-refractivity contribution in [3.8, 4) is 0 Å². The Balaban J connectivity index is 0.00000120. The molecule has 2 heterocycles. The molecule has 98 valence electrons. The molecule has 0 spiro atoms. The molecule has 0 unspecified atom stereocenters. The van der Waals surface area contributed by atoms with E-state index in [9.17, 15) is 4.79 Å². The predicted octanol–water partition coefficient (Wildman–Crippen LogP) is 1.71. The molecule has 2 saturated heterocycles.